The Morgan fingerprint density at radius 3 is 2.48 bits per heavy atom. The fraction of sp³-hybridized carbons (Fsp3) is 0.0667. The van der Waals surface area contributed by atoms with Gasteiger partial charge in [-0.1, -0.05) is 18.2 Å². The van der Waals surface area contributed by atoms with Gasteiger partial charge in [0.05, 0.1) is 5.56 Å². The minimum absolute atomic E-state index is 0.0605. The van der Waals surface area contributed by atoms with Crippen LogP contribution in [0.2, 0.25) is 0 Å². The summed E-state index contributed by atoms with van der Waals surface area (Å²) in [6, 6.07) is 10.6. The number of benzene rings is 2. The Bertz CT molecular complexity index is 648. The molecule has 0 radical (unpaired) electrons. The van der Waals surface area contributed by atoms with Crippen molar-refractivity contribution >= 4 is 12.4 Å². The van der Waals surface area contributed by atoms with Crippen LogP contribution in [-0.2, 0) is 11.4 Å². The number of para-hydroxylation sites is 1. The Morgan fingerprint density at radius 2 is 1.86 bits per heavy atom. The van der Waals surface area contributed by atoms with Crippen LogP contribution in [-0.4, -0.2) is 22.7 Å². The molecule has 0 fully saturated rings. The summed E-state index contributed by atoms with van der Waals surface area (Å²) in [5.74, 6) is -1.06. The van der Waals surface area contributed by atoms with Crippen LogP contribution in [0.3, 0.4) is 0 Å². The Kier molecular flexibility index (Phi) is 4.40. The maximum absolute atomic E-state index is 10.7. The average molecular weight is 288 g/mol. The van der Waals surface area contributed by atoms with Crippen LogP contribution in [0.5, 0.6) is 17.2 Å². The van der Waals surface area contributed by atoms with Crippen molar-refractivity contribution in [3.63, 3.8) is 0 Å². The second-order valence-corrected chi connectivity index (χ2v) is 4.11. The number of rotatable bonds is 6. The Labute approximate surface area is 120 Å². The van der Waals surface area contributed by atoms with Crippen molar-refractivity contribution in [3.8, 4) is 17.2 Å². The van der Waals surface area contributed by atoms with Crippen LogP contribution in [0.25, 0.3) is 0 Å². The third-order valence-electron chi connectivity index (χ3n) is 2.72. The zero-order valence-corrected chi connectivity index (χ0v) is 10.9. The third-order valence-corrected chi connectivity index (χ3v) is 2.72. The van der Waals surface area contributed by atoms with E-state index in [9.17, 15) is 14.7 Å². The Morgan fingerprint density at radius 1 is 1.14 bits per heavy atom. The standard InChI is InChI=1S/C15H12O6/c16-9-21-14-12(17)2-1-3-13(14)20-8-10-4-6-11(7-5-10)15(18)19/h1-7,9,17H,8H2,(H,18,19). The van der Waals surface area contributed by atoms with Gasteiger partial charge in [0.25, 0.3) is 6.47 Å². The normalized spacial score (nSPS) is 9.90. The van der Waals surface area contributed by atoms with Crippen molar-refractivity contribution in [2.45, 2.75) is 6.61 Å². The van der Waals surface area contributed by atoms with Gasteiger partial charge in [-0.3, -0.25) is 4.79 Å². The molecule has 0 aromatic heterocycles. The van der Waals surface area contributed by atoms with Gasteiger partial charge in [-0.25, -0.2) is 4.79 Å². The molecule has 0 heterocycles. The predicted octanol–water partition coefficient (Wildman–Crippen LogP) is 2.20. The monoisotopic (exact) mass is 288 g/mol. The van der Waals surface area contributed by atoms with Crippen LogP contribution in [0.1, 0.15) is 15.9 Å². The van der Waals surface area contributed by atoms with E-state index in [4.69, 9.17) is 9.84 Å². The van der Waals surface area contributed by atoms with Crippen LogP contribution in [0.15, 0.2) is 42.5 Å². The average Bonchev–Trinajstić information content (AvgIpc) is 2.48. The SMILES string of the molecule is O=COc1c(O)cccc1OCc1ccc(C(=O)O)cc1. The van der Waals surface area contributed by atoms with Crippen molar-refractivity contribution in [3.05, 3.63) is 53.6 Å². The van der Waals surface area contributed by atoms with Gasteiger partial charge in [-0.15, -0.1) is 0 Å². The predicted molar refractivity (Wildman–Crippen MR) is 72.5 cm³/mol. The lowest BCUT2D eigenvalue weighted by Gasteiger charge is -2.11. The highest BCUT2D eigenvalue weighted by Crippen LogP contribution is 2.36. The molecule has 2 aromatic carbocycles. The maximum Gasteiger partial charge on any atom is 0.335 e. The van der Waals surface area contributed by atoms with E-state index in [1.165, 1.54) is 18.2 Å². The number of phenolic OH excluding ortho intramolecular Hbond substituents is 1. The maximum atomic E-state index is 10.7. The van der Waals surface area contributed by atoms with Crippen LogP contribution in [0, 0.1) is 0 Å². The van der Waals surface area contributed by atoms with E-state index in [0.717, 1.165) is 5.56 Å². The number of carboxylic acids is 1. The molecule has 0 unspecified atom stereocenters. The van der Waals surface area contributed by atoms with E-state index >= 15 is 0 Å². The highest BCUT2D eigenvalue weighted by Gasteiger charge is 2.11. The molecule has 21 heavy (non-hydrogen) atoms. The molecule has 0 saturated carbocycles. The molecule has 0 aliphatic rings. The first-order valence-corrected chi connectivity index (χ1v) is 5.99. The number of carbonyl (C=O) groups is 2. The molecule has 0 aliphatic carbocycles. The van der Waals surface area contributed by atoms with Crippen molar-refractivity contribution in [1.29, 1.82) is 0 Å². The highest BCUT2D eigenvalue weighted by molar-refractivity contribution is 5.87. The summed E-state index contributed by atoms with van der Waals surface area (Å²) in [7, 11) is 0. The summed E-state index contributed by atoms with van der Waals surface area (Å²) in [4.78, 5) is 21.1. The molecule has 2 rings (SSSR count). The zero-order valence-electron chi connectivity index (χ0n) is 10.9. The Hall–Kier alpha value is -3.02. The van der Waals surface area contributed by atoms with Crippen LogP contribution in [0.4, 0.5) is 0 Å². The summed E-state index contributed by atoms with van der Waals surface area (Å²) < 4.78 is 10.1. The summed E-state index contributed by atoms with van der Waals surface area (Å²) in [5, 5.41) is 18.4. The molecule has 0 spiro atoms. The molecule has 0 saturated heterocycles. The van der Waals surface area contributed by atoms with Crippen LogP contribution < -0.4 is 9.47 Å². The van der Waals surface area contributed by atoms with E-state index < -0.39 is 5.97 Å². The quantitative estimate of drug-likeness (QED) is 0.791. The molecule has 0 atom stereocenters. The molecule has 2 aromatic rings. The summed E-state index contributed by atoms with van der Waals surface area (Å²) in [6.07, 6.45) is 0. The molecule has 6 heteroatoms. The molecule has 0 bridgehead atoms. The van der Waals surface area contributed by atoms with E-state index in [-0.39, 0.29) is 35.9 Å². The van der Waals surface area contributed by atoms with Crippen molar-refractivity contribution < 1.29 is 29.3 Å². The molecule has 2 N–H and O–H groups in total. The number of phenols is 1. The Balaban J connectivity index is 2.11. The van der Waals surface area contributed by atoms with E-state index in [1.54, 1.807) is 24.3 Å². The minimum atomic E-state index is -1.00. The van der Waals surface area contributed by atoms with Crippen molar-refractivity contribution in [2.24, 2.45) is 0 Å². The van der Waals surface area contributed by atoms with E-state index in [0.29, 0.717) is 0 Å². The lowest BCUT2D eigenvalue weighted by molar-refractivity contribution is -0.120. The van der Waals surface area contributed by atoms with Gasteiger partial charge >= 0.3 is 5.97 Å². The number of hydrogen-bond acceptors (Lipinski definition) is 5. The topological polar surface area (TPSA) is 93.1 Å². The van der Waals surface area contributed by atoms with Gasteiger partial charge in [0.2, 0.25) is 5.75 Å². The van der Waals surface area contributed by atoms with Gasteiger partial charge in [-0.05, 0) is 29.8 Å². The first-order valence-electron chi connectivity index (χ1n) is 5.99. The van der Waals surface area contributed by atoms with Gasteiger partial charge < -0.3 is 19.7 Å². The molecule has 0 amide bonds. The van der Waals surface area contributed by atoms with E-state index in [2.05, 4.69) is 4.74 Å². The third kappa shape index (κ3) is 3.50. The number of carbonyl (C=O) groups excluding carboxylic acids is 1. The number of hydrogen-bond donors (Lipinski definition) is 2. The van der Waals surface area contributed by atoms with Gasteiger partial charge in [0, 0.05) is 0 Å². The van der Waals surface area contributed by atoms with Gasteiger partial charge in [-0.2, -0.15) is 0 Å². The zero-order chi connectivity index (χ0) is 15.2. The minimum Gasteiger partial charge on any atom is -0.504 e. The second kappa shape index (κ2) is 6.42. The van der Waals surface area contributed by atoms with Crippen molar-refractivity contribution in [2.75, 3.05) is 0 Å². The largest absolute Gasteiger partial charge is 0.504 e. The first kappa shape index (κ1) is 14.4. The lowest BCUT2D eigenvalue weighted by Crippen LogP contribution is -2.00. The number of carboxylic acid groups (broad SMARTS) is 1. The van der Waals surface area contributed by atoms with E-state index in [1.807, 2.05) is 0 Å². The second-order valence-electron chi connectivity index (χ2n) is 4.11. The van der Waals surface area contributed by atoms with Gasteiger partial charge in [0.1, 0.15) is 6.61 Å². The van der Waals surface area contributed by atoms with Crippen LogP contribution >= 0.6 is 0 Å². The number of ether oxygens (including phenoxy) is 2. The fourth-order valence-electron chi connectivity index (χ4n) is 1.69. The molecular weight excluding hydrogens is 276 g/mol. The van der Waals surface area contributed by atoms with Crippen molar-refractivity contribution in [1.82, 2.24) is 0 Å². The number of aromatic carboxylic acids is 1. The summed E-state index contributed by atoms with van der Waals surface area (Å²) >= 11 is 0. The molecule has 108 valence electrons. The number of aromatic hydroxyl groups is 1. The first-order chi connectivity index (χ1) is 10.1. The summed E-state index contributed by atoms with van der Waals surface area (Å²) in [5.41, 5.74) is 0.918. The summed E-state index contributed by atoms with van der Waals surface area (Å²) in [6.45, 7) is 0.335. The molecular formula is C15H12O6. The molecule has 6 nitrogen and oxygen atoms in total. The smallest absolute Gasteiger partial charge is 0.335 e. The fourth-order valence-corrected chi connectivity index (χ4v) is 1.69. The molecule has 0 aliphatic heterocycles. The lowest BCUT2D eigenvalue weighted by atomic mass is 10.1. The highest BCUT2D eigenvalue weighted by atomic mass is 16.5. The van der Waals surface area contributed by atoms with Gasteiger partial charge in [0.15, 0.2) is 11.5 Å².